The van der Waals surface area contributed by atoms with E-state index in [0.717, 1.165) is 29.3 Å². The number of amides is 1. The highest BCUT2D eigenvalue weighted by molar-refractivity contribution is 7.89. The van der Waals surface area contributed by atoms with Crippen LogP contribution in [0.1, 0.15) is 28.9 Å². The van der Waals surface area contributed by atoms with E-state index in [4.69, 9.17) is 4.74 Å². The summed E-state index contributed by atoms with van der Waals surface area (Å²) in [6.45, 7) is 1.01. The summed E-state index contributed by atoms with van der Waals surface area (Å²) in [5, 5.41) is 3.82. The van der Waals surface area contributed by atoms with Crippen LogP contribution in [0, 0.1) is 0 Å². The summed E-state index contributed by atoms with van der Waals surface area (Å²) in [7, 11) is -2.24. The van der Waals surface area contributed by atoms with Crippen molar-refractivity contribution in [2.75, 3.05) is 25.5 Å². The minimum absolute atomic E-state index is 0.0797. The van der Waals surface area contributed by atoms with Crippen LogP contribution in [0.2, 0.25) is 0 Å². The molecule has 1 amide bonds. The number of ether oxygens (including phenoxy) is 1. The van der Waals surface area contributed by atoms with Crippen LogP contribution in [0.15, 0.2) is 53.4 Å². The van der Waals surface area contributed by atoms with Gasteiger partial charge in [0, 0.05) is 23.5 Å². The van der Waals surface area contributed by atoms with Crippen LogP contribution in [0.25, 0.3) is 10.1 Å². The lowest BCUT2D eigenvalue weighted by Gasteiger charge is -2.26. The van der Waals surface area contributed by atoms with Crippen molar-refractivity contribution in [2.45, 2.75) is 24.2 Å². The Labute approximate surface area is 174 Å². The van der Waals surface area contributed by atoms with Crippen LogP contribution in [-0.2, 0) is 10.0 Å². The van der Waals surface area contributed by atoms with Crippen LogP contribution in [0.4, 0.5) is 5.69 Å². The molecule has 0 unspecified atom stereocenters. The van der Waals surface area contributed by atoms with Crippen LogP contribution in [0.5, 0.6) is 5.75 Å². The summed E-state index contributed by atoms with van der Waals surface area (Å²) in [5.41, 5.74) is 0.420. The van der Waals surface area contributed by atoms with E-state index < -0.39 is 10.0 Å². The second-order valence-electron chi connectivity index (χ2n) is 6.93. The summed E-state index contributed by atoms with van der Waals surface area (Å²) in [5.74, 6) is 0.00752. The Hall–Kier alpha value is -2.42. The van der Waals surface area contributed by atoms with Gasteiger partial charge in [-0.3, -0.25) is 4.79 Å². The topological polar surface area (TPSA) is 75.7 Å². The molecule has 1 aromatic heterocycles. The number of nitrogens with one attached hydrogen (secondary N) is 1. The molecule has 1 aliphatic rings. The highest BCUT2D eigenvalue weighted by Crippen LogP contribution is 2.32. The number of sulfonamides is 1. The number of hydrogen-bond donors (Lipinski definition) is 1. The van der Waals surface area contributed by atoms with Gasteiger partial charge in [-0.1, -0.05) is 24.6 Å². The molecule has 1 fully saturated rings. The second-order valence-corrected chi connectivity index (χ2v) is 9.92. The molecule has 3 aromatic rings. The average Bonchev–Trinajstić information content (AvgIpc) is 3.19. The molecule has 1 N–H and O–H groups in total. The first kappa shape index (κ1) is 19.9. The quantitative estimate of drug-likeness (QED) is 0.653. The molecule has 2 heterocycles. The number of hydrogen-bond acceptors (Lipinski definition) is 5. The van der Waals surface area contributed by atoms with E-state index in [-0.39, 0.29) is 16.6 Å². The van der Waals surface area contributed by atoms with Gasteiger partial charge in [0.15, 0.2) is 0 Å². The van der Waals surface area contributed by atoms with E-state index in [1.165, 1.54) is 28.8 Å². The van der Waals surface area contributed by atoms with Crippen molar-refractivity contribution >= 4 is 43.0 Å². The summed E-state index contributed by atoms with van der Waals surface area (Å²) < 4.78 is 34.1. The van der Waals surface area contributed by atoms with E-state index in [2.05, 4.69) is 5.32 Å². The monoisotopic (exact) mass is 430 g/mol. The molecular formula is C21H22N2O4S2. The molecule has 0 aliphatic carbocycles. The van der Waals surface area contributed by atoms with E-state index in [1.807, 2.05) is 30.3 Å². The van der Waals surface area contributed by atoms with Gasteiger partial charge in [0.25, 0.3) is 5.91 Å². The van der Waals surface area contributed by atoms with Crippen molar-refractivity contribution in [3.05, 3.63) is 53.4 Å². The zero-order valence-electron chi connectivity index (χ0n) is 16.1. The first-order chi connectivity index (χ1) is 14.0. The zero-order valence-corrected chi connectivity index (χ0v) is 17.7. The standard InChI is InChI=1S/C21H22N2O4S2/c1-27-17-10-9-16(14-20(17)29(25,26)23-11-5-2-6-12-23)22-21(24)19-13-15-7-3-4-8-18(15)28-19/h3-4,7-10,13-14H,2,5-6,11-12H2,1H3,(H,22,24). The minimum atomic E-state index is -3.69. The molecule has 0 saturated carbocycles. The molecule has 0 atom stereocenters. The molecule has 6 nitrogen and oxygen atoms in total. The zero-order chi connectivity index (χ0) is 20.4. The van der Waals surface area contributed by atoms with E-state index in [1.54, 1.807) is 12.1 Å². The fourth-order valence-corrected chi connectivity index (χ4v) is 6.14. The molecule has 4 rings (SSSR count). The number of rotatable bonds is 5. The van der Waals surface area contributed by atoms with Gasteiger partial charge in [0.1, 0.15) is 10.6 Å². The van der Waals surface area contributed by atoms with Crippen LogP contribution < -0.4 is 10.1 Å². The normalized spacial score (nSPS) is 15.3. The van der Waals surface area contributed by atoms with E-state index in [0.29, 0.717) is 23.7 Å². The van der Waals surface area contributed by atoms with Crippen molar-refractivity contribution in [1.82, 2.24) is 4.31 Å². The van der Waals surface area contributed by atoms with E-state index >= 15 is 0 Å². The van der Waals surface area contributed by atoms with Crippen molar-refractivity contribution in [3.63, 3.8) is 0 Å². The van der Waals surface area contributed by atoms with Gasteiger partial charge in [-0.15, -0.1) is 11.3 Å². The number of nitrogens with zero attached hydrogens (tertiary/aromatic N) is 1. The Kier molecular flexibility index (Phi) is 5.58. The third kappa shape index (κ3) is 4.01. The molecule has 8 heteroatoms. The molecule has 152 valence electrons. The second kappa shape index (κ2) is 8.14. The molecule has 1 aliphatic heterocycles. The number of carbonyl (C=O) groups is 1. The Morgan fingerprint density at radius 3 is 2.55 bits per heavy atom. The van der Waals surface area contributed by atoms with Gasteiger partial charge in [-0.25, -0.2) is 8.42 Å². The Balaban J connectivity index is 1.63. The summed E-state index contributed by atoms with van der Waals surface area (Å²) in [6, 6.07) is 14.3. The number of piperidine rings is 1. The fourth-order valence-electron chi connectivity index (χ4n) is 3.49. The van der Waals surface area contributed by atoms with E-state index in [9.17, 15) is 13.2 Å². The van der Waals surface area contributed by atoms with Crippen molar-refractivity contribution in [1.29, 1.82) is 0 Å². The van der Waals surface area contributed by atoms with Crippen LogP contribution in [-0.4, -0.2) is 38.8 Å². The molecule has 0 spiro atoms. The number of thiophene rings is 1. The van der Waals surface area contributed by atoms with Gasteiger partial charge in [-0.2, -0.15) is 4.31 Å². The maximum atomic E-state index is 13.1. The predicted octanol–water partition coefficient (Wildman–Crippen LogP) is 4.34. The third-order valence-electron chi connectivity index (χ3n) is 5.00. The highest BCUT2D eigenvalue weighted by atomic mass is 32.2. The lowest BCUT2D eigenvalue weighted by atomic mass is 10.2. The first-order valence-electron chi connectivity index (χ1n) is 9.47. The molecule has 0 bridgehead atoms. The Morgan fingerprint density at radius 2 is 1.83 bits per heavy atom. The number of anilines is 1. The maximum absolute atomic E-state index is 13.1. The number of methoxy groups -OCH3 is 1. The molecule has 1 saturated heterocycles. The largest absolute Gasteiger partial charge is 0.495 e. The Bertz CT molecular complexity index is 1120. The van der Waals surface area contributed by atoms with Gasteiger partial charge in [0.2, 0.25) is 10.0 Å². The smallest absolute Gasteiger partial charge is 0.265 e. The Morgan fingerprint density at radius 1 is 1.07 bits per heavy atom. The number of fused-ring (bicyclic) bond motifs is 1. The van der Waals surface area contributed by atoms with Gasteiger partial charge < -0.3 is 10.1 Å². The van der Waals surface area contributed by atoms with Crippen LogP contribution in [0.3, 0.4) is 0 Å². The summed E-state index contributed by atoms with van der Waals surface area (Å²) in [6.07, 6.45) is 2.74. The SMILES string of the molecule is COc1ccc(NC(=O)c2cc3ccccc3s2)cc1S(=O)(=O)N1CCCCC1. The van der Waals surface area contributed by atoms with Gasteiger partial charge in [-0.05, 0) is 48.6 Å². The lowest BCUT2D eigenvalue weighted by Crippen LogP contribution is -2.35. The fraction of sp³-hybridized carbons (Fsp3) is 0.286. The van der Waals surface area contributed by atoms with Crippen molar-refractivity contribution in [2.24, 2.45) is 0 Å². The first-order valence-corrected chi connectivity index (χ1v) is 11.7. The third-order valence-corrected chi connectivity index (χ3v) is 8.04. The molecular weight excluding hydrogens is 408 g/mol. The number of benzene rings is 2. The highest BCUT2D eigenvalue weighted by Gasteiger charge is 2.29. The average molecular weight is 431 g/mol. The minimum Gasteiger partial charge on any atom is -0.495 e. The molecule has 0 radical (unpaired) electrons. The molecule has 29 heavy (non-hydrogen) atoms. The lowest BCUT2D eigenvalue weighted by molar-refractivity contribution is 0.103. The molecule has 2 aromatic carbocycles. The number of carbonyl (C=O) groups excluding carboxylic acids is 1. The van der Waals surface area contributed by atoms with Gasteiger partial charge in [0.05, 0.1) is 12.0 Å². The predicted molar refractivity (Wildman–Crippen MR) is 115 cm³/mol. The van der Waals surface area contributed by atoms with Crippen molar-refractivity contribution in [3.8, 4) is 5.75 Å². The van der Waals surface area contributed by atoms with Crippen molar-refractivity contribution < 1.29 is 17.9 Å². The van der Waals surface area contributed by atoms with Crippen LogP contribution >= 0.6 is 11.3 Å². The maximum Gasteiger partial charge on any atom is 0.265 e. The van der Waals surface area contributed by atoms with Gasteiger partial charge >= 0.3 is 0 Å². The summed E-state index contributed by atoms with van der Waals surface area (Å²) in [4.78, 5) is 13.4. The summed E-state index contributed by atoms with van der Waals surface area (Å²) >= 11 is 1.40.